The summed E-state index contributed by atoms with van der Waals surface area (Å²) in [4.78, 5) is 0. The van der Waals surface area contributed by atoms with E-state index < -0.39 is 0 Å². The van der Waals surface area contributed by atoms with Crippen LogP contribution in [0.1, 0.15) is 20.3 Å². The molecule has 0 aliphatic carbocycles. The topological polar surface area (TPSA) is 38.7 Å². The maximum Gasteiger partial charge on any atom is 0.205 e. The lowest BCUT2D eigenvalue weighted by molar-refractivity contribution is -0.117. The number of rotatable bonds is 3. The summed E-state index contributed by atoms with van der Waals surface area (Å²) in [5.41, 5.74) is -0.145. The minimum Gasteiger partial charge on any atom is -0.467 e. The van der Waals surface area contributed by atoms with Gasteiger partial charge in [-0.3, -0.25) is 0 Å². The van der Waals surface area contributed by atoms with Gasteiger partial charge in [-0.2, -0.15) is 0 Å². The number of hydrogen-bond donors (Lipinski definition) is 1. The van der Waals surface area contributed by atoms with Crippen LogP contribution in [-0.4, -0.2) is 24.6 Å². The molecule has 0 saturated carbocycles. The second-order valence-electron chi connectivity index (χ2n) is 3.76. The van der Waals surface area contributed by atoms with Gasteiger partial charge in [0, 0.05) is 12.0 Å². The molecule has 3 nitrogen and oxygen atoms in total. The third-order valence-corrected chi connectivity index (χ3v) is 2.06. The first-order valence-electron chi connectivity index (χ1n) is 4.13. The van der Waals surface area contributed by atoms with Crippen LogP contribution in [0.3, 0.4) is 0 Å². The molecule has 1 unspecified atom stereocenters. The van der Waals surface area contributed by atoms with Gasteiger partial charge in [0.15, 0.2) is 0 Å². The third-order valence-electron chi connectivity index (χ3n) is 2.06. The van der Waals surface area contributed by atoms with Gasteiger partial charge in [0.2, 0.25) is 6.29 Å². The van der Waals surface area contributed by atoms with E-state index in [-0.39, 0.29) is 18.3 Å². The van der Waals surface area contributed by atoms with Crippen molar-refractivity contribution in [2.75, 3.05) is 13.2 Å². The van der Waals surface area contributed by atoms with E-state index in [1.807, 2.05) is 13.8 Å². The summed E-state index contributed by atoms with van der Waals surface area (Å²) < 4.78 is 10.7. The Bertz CT molecular complexity index is 175. The number of hydrogen-bond acceptors (Lipinski definition) is 3. The molecule has 12 heavy (non-hydrogen) atoms. The largest absolute Gasteiger partial charge is 0.467 e. The van der Waals surface area contributed by atoms with Gasteiger partial charge in [-0.1, -0.05) is 20.4 Å². The van der Waals surface area contributed by atoms with Crippen molar-refractivity contribution in [3.8, 4) is 0 Å². The average Bonchev–Trinajstić information content (AvgIpc) is 2.36. The number of aliphatic hydroxyl groups excluding tert-OH is 1. The van der Waals surface area contributed by atoms with Crippen LogP contribution in [0.4, 0.5) is 0 Å². The lowest BCUT2D eigenvalue weighted by atomic mass is 9.89. The van der Waals surface area contributed by atoms with Gasteiger partial charge in [0.1, 0.15) is 12.4 Å². The van der Waals surface area contributed by atoms with E-state index in [0.717, 1.165) is 0 Å². The lowest BCUT2D eigenvalue weighted by Crippen LogP contribution is -2.30. The highest BCUT2D eigenvalue weighted by atomic mass is 16.7. The molecule has 0 amide bonds. The van der Waals surface area contributed by atoms with Gasteiger partial charge in [-0.15, -0.1) is 0 Å². The first-order valence-corrected chi connectivity index (χ1v) is 4.13. The molecule has 1 N–H and O–H groups in total. The molecule has 1 atom stereocenters. The van der Waals surface area contributed by atoms with Gasteiger partial charge in [0.05, 0.1) is 0 Å². The first-order chi connectivity index (χ1) is 5.56. The molecule has 0 bridgehead atoms. The van der Waals surface area contributed by atoms with E-state index in [9.17, 15) is 0 Å². The quantitative estimate of drug-likeness (QED) is 0.697. The van der Waals surface area contributed by atoms with Crippen LogP contribution < -0.4 is 0 Å². The zero-order valence-corrected chi connectivity index (χ0v) is 7.67. The Balaban J connectivity index is 2.51. The summed E-state index contributed by atoms with van der Waals surface area (Å²) in [5.74, 6) is 0.672. The Hall–Kier alpha value is -0.540. The lowest BCUT2D eigenvalue weighted by Gasteiger charge is -2.28. The van der Waals surface area contributed by atoms with Crippen LogP contribution >= 0.6 is 0 Å². The summed E-state index contributed by atoms with van der Waals surface area (Å²) in [6, 6.07) is 0. The number of ether oxygens (including phenoxy) is 2. The summed E-state index contributed by atoms with van der Waals surface area (Å²) in [7, 11) is 0. The van der Waals surface area contributed by atoms with E-state index in [1.54, 1.807) is 0 Å². The van der Waals surface area contributed by atoms with Crippen LogP contribution in [-0.2, 0) is 9.47 Å². The fraction of sp³-hybridized carbons (Fsp3) is 0.778. The standard InChI is InChI=1S/C9H16O3/c1-7-6-11-8(12-7)9(2,3)4-5-10/h8,10H,1,4-6H2,2-3H3. The molecule has 0 aromatic carbocycles. The smallest absolute Gasteiger partial charge is 0.205 e. The highest BCUT2D eigenvalue weighted by Gasteiger charge is 2.35. The van der Waals surface area contributed by atoms with Crippen molar-refractivity contribution in [1.82, 2.24) is 0 Å². The Morgan fingerprint density at radius 2 is 2.33 bits per heavy atom. The van der Waals surface area contributed by atoms with E-state index in [1.165, 1.54) is 0 Å². The van der Waals surface area contributed by atoms with E-state index in [0.29, 0.717) is 18.8 Å². The fourth-order valence-electron chi connectivity index (χ4n) is 1.18. The maximum atomic E-state index is 8.79. The van der Waals surface area contributed by atoms with E-state index in [2.05, 4.69) is 6.58 Å². The number of aliphatic hydroxyl groups is 1. The van der Waals surface area contributed by atoms with Crippen LogP contribution in [0.5, 0.6) is 0 Å². The zero-order valence-electron chi connectivity index (χ0n) is 7.67. The third kappa shape index (κ3) is 1.99. The Kier molecular flexibility index (Phi) is 2.75. The van der Waals surface area contributed by atoms with Gasteiger partial charge < -0.3 is 14.6 Å². The molecule has 0 aromatic heterocycles. The predicted octanol–water partition coefficient (Wildman–Crippen LogP) is 1.28. The van der Waals surface area contributed by atoms with Crippen LogP contribution in [0.15, 0.2) is 12.3 Å². The molecular weight excluding hydrogens is 156 g/mol. The second-order valence-corrected chi connectivity index (χ2v) is 3.76. The SMILES string of the molecule is C=C1COC(C(C)(C)CCO)O1. The van der Waals surface area contributed by atoms with Gasteiger partial charge in [0.25, 0.3) is 0 Å². The molecule has 1 aliphatic heterocycles. The average molecular weight is 172 g/mol. The van der Waals surface area contributed by atoms with Crippen molar-refractivity contribution in [3.63, 3.8) is 0 Å². The minimum atomic E-state index is -0.253. The van der Waals surface area contributed by atoms with Crippen molar-refractivity contribution in [2.24, 2.45) is 5.41 Å². The van der Waals surface area contributed by atoms with Gasteiger partial charge >= 0.3 is 0 Å². The maximum absolute atomic E-state index is 8.79. The fourth-order valence-corrected chi connectivity index (χ4v) is 1.18. The molecule has 1 fully saturated rings. The van der Waals surface area contributed by atoms with E-state index in [4.69, 9.17) is 14.6 Å². The van der Waals surface area contributed by atoms with Gasteiger partial charge in [-0.05, 0) is 6.42 Å². The Morgan fingerprint density at radius 1 is 1.67 bits per heavy atom. The van der Waals surface area contributed by atoms with Crippen molar-refractivity contribution in [2.45, 2.75) is 26.6 Å². The molecule has 0 aromatic rings. The Morgan fingerprint density at radius 3 is 2.75 bits per heavy atom. The minimum absolute atomic E-state index is 0.145. The van der Waals surface area contributed by atoms with Crippen molar-refractivity contribution in [1.29, 1.82) is 0 Å². The second kappa shape index (κ2) is 3.46. The molecule has 70 valence electrons. The first kappa shape index (κ1) is 9.55. The van der Waals surface area contributed by atoms with Crippen molar-refractivity contribution < 1.29 is 14.6 Å². The van der Waals surface area contributed by atoms with Crippen molar-refractivity contribution >= 4 is 0 Å². The monoisotopic (exact) mass is 172 g/mol. The molecule has 1 heterocycles. The van der Waals surface area contributed by atoms with Crippen LogP contribution in [0.25, 0.3) is 0 Å². The molecule has 1 saturated heterocycles. The van der Waals surface area contributed by atoms with Crippen molar-refractivity contribution in [3.05, 3.63) is 12.3 Å². The van der Waals surface area contributed by atoms with E-state index >= 15 is 0 Å². The molecule has 3 heteroatoms. The van der Waals surface area contributed by atoms with Crippen LogP contribution in [0, 0.1) is 5.41 Å². The highest BCUT2D eigenvalue weighted by Crippen LogP contribution is 2.32. The molecule has 0 spiro atoms. The predicted molar refractivity (Wildman–Crippen MR) is 45.4 cm³/mol. The summed E-state index contributed by atoms with van der Waals surface area (Å²) in [5, 5.41) is 8.79. The van der Waals surface area contributed by atoms with Crippen LogP contribution in [0.2, 0.25) is 0 Å². The summed E-state index contributed by atoms with van der Waals surface area (Å²) in [6.45, 7) is 8.31. The zero-order chi connectivity index (χ0) is 9.19. The van der Waals surface area contributed by atoms with Gasteiger partial charge in [-0.25, -0.2) is 0 Å². The molecule has 1 rings (SSSR count). The normalized spacial score (nSPS) is 24.2. The molecular formula is C9H16O3. The summed E-state index contributed by atoms with van der Waals surface area (Å²) >= 11 is 0. The molecule has 1 aliphatic rings. The molecule has 0 radical (unpaired) electrons. The Labute approximate surface area is 73.0 Å². The highest BCUT2D eigenvalue weighted by molar-refractivity contribution is 4.90. The summed E-state index contributed by atoms with van der Waals surface area (Å²) in [6.07, 6.45) is 0.419.